The van der Waals surface area contributed by atoms with Gasteiger partial charge in [0.15, 0.2) is 0 Å². The molecule has 0 aromatic carbocycles. The zero-order chi connectivity index (χ0) is 11.8. The first-order valence-corrected chi connectivity index (χ1v) is 6.31. The smallest absolute Gasteiger partial charge is 0.250 e. The molecule has 1 heterocycles. The second kappa shape index (κ2) is 3.75. The molecular formula is C9H11N3O3S. The van der Waals surface area contributed by atoms with Crippen molar-refractivity contribution in [2.45, 2.75) is 18.1 Å². The molecule has 1 saturated carbocycles. The zero-order valence-corrected chi connectivity index (χ0v) is 9.20. The third-order valence-electron chi connectivity index (χ3n) is 2.26. The average molecular weight is 241 g/mol. The standard InChI is InChI=1S/C9H11N3O3S/c10-9(13)6-1-4-8(11-5-6)12-16(14,15)7-2-3-7/h1,4-5,7H,2-3H2,(H2,10,13)(H,11,12). The van der Waals surface area contributed by atoms with Gasteiger partial charge in [-0.3, -0.25) is 9.52 Å². The van der Waals surface area contributed by atoms with E-state index >= 15 is 0 Å². The van der Waals surface area contributed by atoms with Crippen molar-refractivity contribution in [3.8, 4) is 0 Å². The van der Waals surface area contributed by atoms with Gasteiger partial charge < -0.3 is 5.73 Å². The van der Waals surface area contributed by atoms with Crippen LogP contribution in [-0.2, 0) is 10.0 Å². The minimum absolute atomic E-state index is 0.205. The lowest BCUT2D eigenvalue weighted by atomic mass is 10.3. The fourth-order valence-electron chi connectivity index (χ4n) is 1.21. The molecule has 0 unspecified atom stereocenters. The Morgan fingerprint density at radius 3 is 2.56 bits per heavy atom. The zero-order valence-electron chi connectivity index (χ0n) is 8.38. The maximum atomic E-state index is 11.5. The first-order chi connectivity index (χ1) is 7.49. The van der Waals surface area contributed by atoms with Crippen molar-refractivity contribution >= 4 is 21.7 Å². The molecule has 1 aliphatic rings. The van der Waals surface area contributed by atoms with Gasteiger partial charge in [0.1, 0.15) is 5.82 Å². The highest BCUT2D eigenvalue weighted by Crippen LogP contribution is 2.29. The van der Waals surface area contributed by atoms with Crippen molar-refractivity contribution in [2.24, 2.45) is 5.73 Å². The van der Waals surface area contributed by atoms with E-state index in [1.165, 1.54) is 18.3 Å². The van der Waals surface area contributed by atoms with Crippen LogP contribution in [0, 0.1) is 0 Å². The number of hydrogen-bond donors (Lipinski definition) is 2. The quantitative estimate of drug-likeness (QED) is 0.779. The molecule has 1 amide bonds. The van der Waals surface area contributed by atoms with Gasteiger partial charge in [-0.15, -0.1) is 0 Å². The Kier molecular flexibility index (Phi) is 2.55. The number of rotatable bonds is 4. The highest BCUT2D eigenvalue weighted by atomic mass is 32.2. The molecule has 0 bridgehead atoms. The van der Waals surface area contributed by atoms with Crippen molar-refractivity contribution < 1.29 is 13.2 Å². The van der Waals surface area contributed by atoms with Crippen molar-refractivity contribution in [1.82, 2.24) is 4.98 Å². The molecule has 0 spiro atoms. The predicted octanol–water partition coefficient (Wildman–Crippen LogP) is 0.0846. The Bertz CT molecular complexity index is 505. The van der Waals surface area contributed by atoms with E-state index < -0.39 is 15.9 Å². The lowest BCUT2D eigenvalue weighted by Crippen LogP contribution is -2.18. The van der Waals surface area contributed by atoms with Gasteiger partial charge in [-0.25, -0.2) is 13.4 Å². The van der Waals surface area contributed by atoms with Crippen LogP contribution < -0.4 is 10.5 Å². The van der Waals surface area contributed by atoms with Crippen LogP contribution in [0.2, 0.25) is 0 Å². The van der Waals surface area contributed by atoms with Gasteiger partial charge in [0.25, 0.3) is 0 Å². The molecule has 0 atom stereocenters. The minimum Gasteiger partial charge on any atom is -0.366 e. The van der Waals surface area contributed by atoms with Crippen molar-refractivity contribution in [2.75, 3.05) is 4.72 Å². The van der Waals surface area contributed by atoms with Crippen LogP contribution in [0.15, 0.2) is 18.3 Å². The summed E-state index contributed by atoms with van der Waals surface area (Å²) in [5.41, 5.74) is 5.28. The lowest BCUT2D eigenvalue weighted by molar-refractivity contribution is 0.1000. The lowest BCUT2D eigenvalue weighted by Gasteiger charge is -2.05. The SMILES string of the molecule is NC(=O)c1ccc(NS(=O)(=O)C2CC2)nc1. The molecule has 0 aliphatic heterocycles. The Labute approximate surface area is 92.9 Å². The van der Waals surface area contributed by atoms with Crippen molar-refractivity contribution in [3.05, 3.63) is 23.9 Å². The van der Waals surface area contributed by atoms with Crippen molar-refractivity contribution in [3.63, 3.8) is 0 Å². The molecular weight excluding hydrogens is 230 g/mol. The molecule has 1 aliphatic carbocycles. The third kappa shape index (κ3) is 2.30. The number of anilines is 1. The molecule has 86 valence electrons. The van der Waals surface area contributed by atoms with Crippen LogP contribution in [0.3, 0.4) is 0 Å². The van der Waals surface area contributed by atoms with E-state index in [1.54, 1.807) is 0 Å². The van der Waals surface area contributed by atoms with E-state index in [9.17, 15) is 13.2 Å². The number of nitrogens with one attached hydrogen (secondary N) is 1. The van der Waals surface area contributed by atoms with E-state index in [0.29, 0.717) is 12.8 Å². The first-order valence-electron chi connectivity index (χ1n) is 4.76. The number of hydrogen-bond acceptors (Lipinski definition) is 4. The van der Waals surface area contributed by atoms with Gasteiger partial charge in [-0.2, -0.15) is 0 Å². The summed E-state index contributed by atoms with van der Waals surface area (Å²) in [6.45, 7) is 0. The molecule has 0 saturated heterocycles. The molecule has 1 aromatic rings. The average Bonchev–Trinajstić information content (AvgIpc) is 3.01. The Hall–Kier alpha value is -1.63. The fourth-order valence-corrected chi connectivity index (χ4v) is 2.54. The summed E-state index contributed by atoms with van der Waals surface area (Å²) in [6, 6.07) is 2.85. The molecule has 2 rings (SSSR count). The number of aromatic nitrogens is 1. The predicted molar refractivity (Wildman–Crippen MR) is 58.3 cm³/mol. The second-order valence-corrected chi connectivity index (χ2v) is 5.60. The number of carbonyl (C=O) groups is 1. The number of nitrogens with zero attached hydrogens (tertiary/aromatic N) is 1. The number of amides is 1. The number of nitrogens with two attached hydrogens (primary N) is 1. The highest BCUT2D eigenvalue weighted by Gasteiger charge is 2.35. The van der Waals surface area contributed by atoms with Gasteiger partial charge in [0, 0.05) is 6.20 Å². The van der Waals surface area contributed by atoms with Gasteiger partial charge in [-0.05, 0) is 25.0 Å². The van der Waals surface area contributed by atoms with Gasteiger partial charge >= 0.3 is 0 Å². The minimum atomic E-state index is -3.30. The topological polar surface area (TPSA) is 102 Å². The Balaban J connectivity index is 2.13. The number of pyridine rings is 1. The van der Waals surface area contributed by atoms with E-state index in [1.807, 2.05) is 0 Å². The maximum Gasteiger partial charge on any atom is 0.250 e. The summed E-state index contributed by atoms with van der Waals surface area (Å²) in [7, 11) is -3.30. The number of primary amides is 1. The second-order valence-electron chi connectivity index (χ2n) is 3.64. The first kappa shape index (κ1) is 10.9. The third-order valence-corrected chi connectivity index (χ3v) is 4.10. The number of sulfonamides is 1. The van der Waals surface area contributed by atoms with Crippen LogP contribution in [0.1, 0.15) is 23.2 Å². The van der Waals surface area contributed by atoms with Gasteiger partial charge in [0.2, 0.25) is 15.9 Å². The van der Waals surface area contributed by atoms with Crippen LogP contribution in [-0.4, -0.2) is 24.6 Å². The largest absolute Gasteiger partial charge is 0.366 e. The van der Waals surface area contributed by atoms with E-state index in [4.69, 9.17) is 5.73 Å². The van der Waals surface area contributed by atoms with Crippen LogP contribution in [0.4, 0.5) is 5.82 Å². The maximum absolute atomic E-state index is 11.5. The monoisotopic (exact) mass is 241 g/mol. The van der Waals surface area contributed by atoms with E-state index in [2.05, 4.69) is 9.71 Å². The highest BCUT2D eigenvalue weighted by molar-refractivity contribution is 7.93. The summed E-state index contributed by atoms with van der Waals surface area (Å²) in [4.78, 5) is 14.6. The summed E-state index contributed by atoms with van der Waals surface area (Å²) in [6.07, 6.45) is 2.62. The van der Waals surface area contributed by atoms with E-state index in [-0.39, 0.29) is 16.6 Å². The van der Waals surface area contributed by atoms with Crippen LogP contribution in [0.25, 0.3) is 0 Å². The normalized spacial score (nSPS) is 15.8. The molecule has 7 heteroatoms. The fraction of sp³-hybridized carbons (Fsp3) is 0.333. The van der Waals surface area contributed by atoms with Gasteiger partial charge in [-0.1, -0.05) is 0 Å². The summed E-state index contributed by atoms with van der Waals surface area (Å²) < 4.78 is 25.4. The molecule has 16 heavy (non-hydrogen) atoms. The molecule has 0 radical (unpaired) electrons. The summed E-state index contributed by atoms with van der Waals surface area (Å²) in [5, 5.41) is -0.301. The Morgan fingerprint density at radius 1 is 1.44 bits per heavy atom. The van der Waals surface area contributed by atoms with Crippen LogP contribution in [0.5, 0.6) is 0 Å². The van der Waals surface area contributed by atoms with Crippen molar-refractivity contribution in [1.29, 1.82) is 0 Å². The molecule has 6 nitrogen and oxygen atoms in total. The molecule has 1 fully saturated rings. The Morgan fingerprint density at radius 2 is 2.12 bits per heavy atom. The molecule has 1 aromatic heterocycles. The number of carbonyl (C=O) groups excluding carboxylic acids is 1. The van der Waals surface area contributed by atoms with Gasteiger partial charge in [0.05, 0.1) is 10.8 Å². The molecule has 3 N–H and O–H groups in total. The summed E-state index contributed by atoms with van der Waals surface area (Å²) >= 11 is 0. The van der Waals surface area contributed by atoms with Crippen LogP contribution >= 0.6 is 0 Å². The summed E-state index contributed by atoms with van der Waals surface area (Å²) in [5.74, 6) is -0.388. The van der Waals surface area contributed by atoms with E-state index in [0.717, 1.165) is 0 Å².